The Labute approximate surface area is 108 Å². The van der Waals surface area contributed by atoms with Crippen LogP contribution in [0.1, 0.15) is 35.3 Å². The Morgan fingerprint density at radius 1 is 1.56 bits per heavy atom. The number of hydrogen-bond donors (Lipinski definition) is 0. The van der Waals surface area contributed by atoms with Gasteiger partial charge in [0.25, 0.3) is 0 Å². The molecule has 4 heteroatoms. The molecule has 1 aromatic rings. The van der Waals surface area contributed by atoms with E-state index in [2.05, 4.69) is 16.9 Å². The molecular formula is C14H20N2O2. The Morgan fingerprint density at radius 3 is 2.94 bits per heavy atom. The topological polar surface area (TPSA) is 42.4 Å². The fourth-order valence-corrected chi connectivity index (χ4v) is 2.30. The van der Waals surface area contributed by atoms with E-state index >= 15 is 0 Å². The second-order valence-electron chi connectivity index (χ2n) is 4.98. The lowest BCUT2D eigenvalue weighted by Crippen LogP contribution is -2.30. The third-order valence-electron chi connectivity index (χ3n) is 3.51. The summed E-state index contributed by atoms with van der Waals surface area (Å²) < 4.78 is 4.77. The van der Waals surface area contributed by atoms with Gasteiger partial charge in [0, 0.05) is 19.3 Å². The molecule has 1 fully saturated rings. The van der Waals surface area contributed by atoms with Gasteiger partial charge in [0.2, 0.25) is 0 Å². The van der Waals surface area contributed by atoms with Gasteiger partial charge in [-0.25, -0.2) is 4.79 Å². The highest BCUT2D eigenvalue weighted by Crippen LogP contribution is 2.27. The number of pyridine rings is 1. The second kappa shape index (κ2) is 5.96. The highest BCUT2D eigenvalue weighted by atomic mass is 16.5. The summed E-state index contributed by atoms with van der Waals surface area (Å²) in [6.45, 7) is 1.78. The maximum atomic E-state index is 11.6. The highest BCUT2D eigenvalue weighted by molar-refractivity contribution is 5.90. The number of carbonyl (C=O) groups excluding carboxylic acids is 1. The van der Waals surface area contributed by atoms with Crippen molar-refractivity contribution in [3.63, 3.8) is 0 Å². The zero-order valence-electron chi connectivity index (χ0n) is 11.1. The molecule has 0 aliphatic heterocycles. The Balaban J connectivity index is 2.00. The summed E-state index contributed by atoms with van der Waals surface area (Å²) in [5.41, 5.74) is 1.37. The average molecular weight is 248 g/mol. The van der Waals surface area contributed by atoms with Crippen molar-refractivity contribution in [2.24, 2.45) is 5.92 Å². The van der Waals surface area contributed by atoms with Crippen LogP contribution in [0.3, 0.4) is 0 Å². The van der Waals surface area contributed by atoms with Crippen LogP contribution in [0.4, 0.5) is 0 Å². The Kier molecular flexibility index (Phi) is 4.31. The Morgan fingerprint density at radius 2 is 2.33 bits per heavy atom. The first-order valence-corrected chi connectivity index (χ1v) is 6.41. The zero-order chi connectivity index (χ0) is 13.0. The van der Waals surface area contributed by atoms with Gasteiger partial charge in [-0.3, -0.25) is 4.98 Å². The summed E-state index contributed by atoms with van der Waals surface area (Å²) in [4.78, 5) is 18.2. The van der Waals surface area contributed by atoms with Crippen LogP contribution < -0.4 is 0 Å². The number of hydrogen-bond acceptors (Lipinski definition) is 4. The molecule has 0 saturated heterocycles. The van der Waals surface area contributed by atoms with Gasteiger partial charge in [-0.2, -0.15) is 0 Å². The van der Waals surface area contributed by atoms with Crippen LogP contribution in [0.25, 0.3) is 0 Å². The summed E-state index contributed by atoms with van der Waals surface area (Å²) in [6, 6.07) is 3.53. The highest BCUT2D eigenvalue weighted by Gasteiger charge is 2.20. The molecule has 1 aliphatic rings. The normalized spacial score (nSPS) is 15.5. The fourth-order valence-electron chi connectivity index (χ4n) is 2.30. The van der Waals surface area contributed by atoms with Crippen molar-refractivity contribution in [2.45, 2.75) is 25.8 Å². The predicted octanol–water partition coefficient (Wildman–Crippen LogP) is 2.10. The van der Waals surface area contributed by atoms with Crippen LogP contribution in [0, 0.1) is 5.92 Å². The van der Waals surface area contributed by atoms with E-state index in [4.69, 9.17) is 4.74 Å². The summed E-state index contributed by atoms with van der Waals surface area (Å²) in [7, 11) is 3.48. The summed E-state index contributed by atoms with van der Waals surface area (Å²) in [5, 5.41) is 0. The van der Waals surface area contributed by atoms with Gasteiger partial charge in [0.15, 0.2) is 0 Å². The minimum Gasteiger partial charge on any atom is -0.465 e. The number of methoxy groups -OCH3 is 1. The lowest BCUT2D eigenvalue weighted by atomic mass is 9.85. The van der Waals surface area contributed by atoms with E-state index in [0.29, 0.717) is 12.1 Å². The first kappa shape index (κ1) is 13.0. The minimum absolute atomic E-state index is 0.310. The number of ether oxygens (including phenoxy) is 1. The van der Waals surface area contributed by atoms with Gasteiger partial charge in [-0.05, 0) is 37.9 Å². The molecule has 0 amide bonds. The quantitative estimate of drug-likeness (QED) is 0.748. The molecule has 1 saturated carbocycles. The molecule has 1 aromatic heterocycles. The first-order chi connectivity index (χ1) is 8.70. The van der Waals surface area contributed by atoms with Crippen molar-refractivity contribution in [1.82, 2.24) is 9.88 Å². The maximum absolute atomic E-state index is 11.6. The van der Waals surface area contributed by atoms with Gasteiger partial charge in [-0.15, -0.1) is 0 Å². The van der Waals surface area contributed by atoms with Crippen LogP contribution >= 0.6 is 0 Å². The Hall–Kier alpha value is -1.42. The van der Waals surface area contributed by atoms with E-state index in [-0.39, 0.29) is 5.97 Å². The van der Waals surface area contributed by atoms with Crippen molar-refractivity contribution in [3.05, 3.63) is 29.6 Å². The zero-order valence-corrected chi connectivity index (χ0v) is 11.1. The SMILES string of the molecule is COC(=O)c1cccnc1CN(C)CC1CCC1. The van der Waals surface area contributed by atoms with Crippen LogP contribution in [0.15, 0.2) is 18.3 Å². The van der Waals surface area contributed by atoms with E-state index in [9.17, 15) is 4.79 Å². The van der Waals surface area contributed by atoms with Gasteiger partial charge < -0.3 is 9.64 Å². The molecule has 0 N–H and O–H groups in total. The van der Waals surface area contributed by atoms with E-state index in [1.165, 1.54) is 26.4 Å². The second-order valence-corrected chi connectivity index (χ2v) is 4.98. The predicted molar refractivity (Wildman–Crippen MR) is 69.3 cm³/mol. The van der Waals surface area contributed by atoms with E-state index in [0.717, 1.165) is 18.2 Å². The van der Waals surface area contributed by atoms with Crippen molar-refractivity contribution >= 4 is 5.97 Å². The van der Waals surface area contributed by atoms with Crippen molar-refractivity contribution in [3.8, 4) is 0 Å². The third kappa shape index (κ3) is 3.07. The minimum atomic E-state index is -0.310. The summed E-state index contributed by atoms with van der Waals surface area (Å²) in [5.74, 6) is 0.510. The maximum Gasteiger partial charge on any atom is 0.339 e. The summed E-state index contributed by atoms with van der Waals surface area (Å²) in [6.07, 6.45) is 5.74. The molecule has 18 heavy (non-hydrogen) atoms. The molecule has 0 radical (unpaired) electrons. The Bertz CT molecular complexity index is 416. The van der Waals surface area contributed by atoms with Crippen LogP contribution in [0.5, 0.6) is 0 Å². The van der Waals surface area contributed by atoms with Crippen LogP contribution in [-0.2, 0) is 11.3 Å². The molecule has 1 aliphatic carbocycles. The van der Waals surface area contributed by atoms with Crippen molar-refractivity contribution in [2.75, 3.05) is 20.7 Å². The van der Waals surface area contributed by atoms with Crippen LogP contribution in [0.2, 0.25) is 0 Å². The number of esters is 1. The monoisotopic (exact) mass is 248 g/mol. The largest absolute Gasteiger partial charge is 0.465 e. The smallest absolute Gasteiger partial charge is 0.339 e. The molecule has 1 heterocycles. The van der Waals surface area contributed by atoms with Crippen LogP contribution in [-0.4, -0.2) is 36.6 Å². The molecule has 2 rings (SSSR count). The lowest BCUT2D eigenvalue weighted by Gasteiger charge is -2.30. The molecule has 0 bridgehead atoms. The van der Waals surface area contributed by atoms with Crippen molar-refractivity contribution in [1.29, 1.82) is 0 Å². The molecule has 4 nitrogen and oxygen atoms in total. The third-order valence-corrected chi connectivity index (χ3v) is 3.51. The molecule has 0 unspecified atom stereocenters. The van der Waals surface area contributed by atoms with Crippen molar-refractivity contribution < 1.29 is 9.53 Å². The molecule has 98 valence electrons. The van der Waals surface area contributed by atoms with Gasteiger partial charge in [0.05, 0.1) is 18.4 Å². The number of carbonyl (C=O) groups is 1. The molecule has 0 spiro atoms. The standard InChI is InChI=1S/C14H20N2O2/c1-16(9-11-5-3-6-11)10-13-12(14(17)18-2)7-4-8-15-13/h4,7-8,11H,3,5-6,9-10H2,1-2H3. The molecule has 0 atom stereocenters. The van der Waals surface area contributed by atoms with E-state index in [1.807, 2.05) is 0 Å². The van der Waals surface area contributed by atoms with E-state index in [1.54, 1.807) is 18.3 Å². The first-order valence-electron chi connectivity index (χ1n) is 6.41. The average Bonchev–Trinajstić information content (AvgIpc) is 2.34. The number of nitrogens with zero attached hydrogens (tertiary/aromatic N) is 2. The van der Waals surface area contributed by atoms with E-state index < -0.39 is 0 Å². The van der Waals surface area contributed by atoms with Gasteiger partial charge >= 0.3 is 5.97 Å². The lowest BCUT2D eigenvalue weighted by molar-refractivity contribution is 0.0597. The molecular weight excluding hydrogens is 228 g/mol. The fraction of sp³-hybridized carbons (Fsp3) is 0.571. The van der Waals surface area contributed by atoms with Gasteiger partial charge in [0.1, 0.15) is 0 Å². The molecule has 0 aromatic carbocycles. The summed E-state index contributed by atoms with van der Waals surface area (Å²) >= 11 is 0. The van der Waals surface area contributed by atoms with Gasteiger partial charge in [-0.1, -0.05) is 6.42 Å². The number of rotatable bonds is 5. The number of aromatic nitrogens is 1.